The van der Waals surface area contributed by atoms with Crippen molar-refractivity contribution in [2.24, 2.45) is 0 Å². The summed E-state index contributed by atoms with van der Waals surface area (Å²) in [5.41, 5.74) is 3.10. The van der Waals surface area contributed by atoms with Crippen molar-refractivity contribution in [1.82, 2.24) is 19.2 Å². The van der Waals surface area contributed by atoms with Crippen LogP contribution in [0.25, 0.3) is 0 Å². The Morgan fingerprint density at radius 2 is 2.20 bits per heavy atom. The van der Waals surface area contributed by atoms with Crippen LogP contribution in [0.2, 0.25) is 0 Å². The van der Waals surface area contributed by atoms with Gasteiger partial charge in [-0.2, -0.15) is 4.37 Å². The molecule has 3 rings (SSSR count). The van der Waals surface area contributed by atoms with Gasteiger partial charge in [-0.15, -0.1) is 11.3 Å². The molecule has 3 heterocycles. The Labute approximate surface area is 127 Å². The molecule has 20 heavy (non-hydrogen) atoms. The lowest BCUT2D eigenvalue weighted by Crippen LogP contribution is -2.30. The summed E-state index contributed by atoms with van der Waals surface area (Å²) in [6, 6.07) is 0. The predicted octanol–water partition coefficient (Wildman–Crippen LogP) is 2.27. The average Bonchev–Trinajstić information content (AvgIpc) is 3.08. The molecule has 2 aromatic heterocycles. The smallest absolute Gasteiger partial charge is 0.205 e. The molecule has 1 aliphatic rings. The van der Waals surface area contributed by atoms with Gasteiger partial charge in [-0.05, 0) is 6.42 Å². The molecule has 1 saturated heterocycles. The minimum atomic E-state index is 0.917. The van der Waals surface area contributed by atoms with Crippen molar-refractivity contribution < 1.29 is 0 Å². The van der Waals surface area contributed by atoms with Crippen LogP contribution in [0.3, 0.4) is 0 Å². The van der Waals surface area contributed by atoms with Gasteiger partial charge in [0.2, 0.25) is 5.13 Å². The Hall–Kier alpha value is -1.05. The van der Waals surface area contributed by atoms with E-state index < -0.39 is 0 Å². The first-order valence-electron chi connectivity index (χ1n) is 7.02. The second-order valence-electron chi connectivity index (χ2n) is 4.94. The van der Waals surface area contributed by atoms with Crippen LogP contribution in [0.5, 0.6) is 0 Å². The maximum absolute atomic E-state index is 4.60. The topological polar surface area (TPSA) is 45.2 Å². The van der Waals surface area contributed by atoms with Gasteiger partial charge in [-0.1, -0.05) is 6.92 Å². The van der Waals surface area contributed by atoms with Crippen LogP contribution in [0.4, 0.5) is 5.13 Å². The third-order valence-corrected chi connectivity index (χ3v) is 4.95. The minimum Gasteiger partial charge on any atom is -0.346 e. The summed E-state index contributed by atoms with van der Waals surface area (Å²) in [5, 5.41) is 3.22. The number of rotatable bonds is 4. The minimum absolute atomic E-state index is 0.917. The number of thiazole rings is 1. The Balaban J connectivity index is 1.58. The van der Waals surface area contributed by atoms with Crippen LogP contribution < -0.4 is 4.90 Å². The van der Waals surface area contributed by atoms with Crippen molar-refractivity contribution in [2.75, 3.05) is 31.1 Å². The lowest BCUT2D eigenvalue weighted by Gasteiger charge is -2.20. The molecule has 0 N–H and O–H groups in total. The molecule has 0 unspecified atom stereocenters. The van der Waals surface area contributed by atoms with Crippen molar-refractivity contribution in [2.45, 2.75) is 26.3 Å². The first kappa shape index (κ1) is 13.9. The highest BCUT2D eigenvalue weighted by atomic mass is 32.1. The van der Waals surface area contributed by atoms with Gasteiger partial charge in [0.25, 0.3) is 0 Å². The van der Waals surface area contributed by atoms with Crippen LogP contribution in [0.1, 0.15) is 24.9 Å². The Morgan fingerprint density at radius 1 is 1.25 bits per heavy atom. The molecular weight excluding hydrogens is 290 g/mol. The zero-order valence-electron chi connectivity index (χ0n) is 11.7. The highest BCUT2D eigenvalue weighted by molar-refractivity contribution is 7.09. The van der Waals surface area contributed by atoms with E-state index in [1.54, 1.807) is 11.3 Å². The lowest BCUT2D eigenvalue weighted by molar-refractivity contribution is 0.282. The standard InChI is InChI=1S/C13H19N5S2/c1-2-12-15-13(20-16-12)18-5-3-4-17(6-7-18)8-11-9-19-10-14-11/h9-10H,2-8H2,1H3. The quantitative estimate of drug-likeness (QED) is 0.867. The molecule has 1 fully saturated rings. The molecule has 0 amide bonds. The molecule has 0 spiro atoms. The van der Waals surface area contributed by atoms with Gasteiger partial charge in [0.1, 0.15) is 5.82 Å². The van der Waals surface area contributed by atoms with E-state index in [9.17, 15) is 0 Å². The summed E-state index contributed by atoms with van der Waals surface area (Å²) in [6.07, 6.45) is 2.09. The summed E-state index contributed by atoms with van der Waals surface area (Å²) in [7, 11) is 0. The SMILES string of the molecule is CCc1nsc(N2CCCN(Cc3cscn3)CC2)n1. The van der Waals surface area contributed by atoms with E-state index in [1.807, 2.05) is 5.51 Å². The number of anilines is 1. The molecule has 7 heteroatoms. The van der Waals surface area contributed by atoms with Gasteiger partial charge in [-0.25, -0.2) is 9.97 Å². The Bertz CT molecular complexity index is 525. The molecule has 0 saturated carbocycles. The second kappa shape index (κ2) is 6.60. The number of nitrogens with zero attached hydrogens (tertiary/aromatic N) is 5. The molecular formula is C13H19N5S2. The van der Waals surface area contributed by atoms with E-state index in [0.29, 0.717) is 0 Å². The maximum atomic E-state index is 4.60. The lowest BCUT2D eigenvalue weighted by atomic mass is 10.3. The normalized spacial score (nSPS) is 17.4. The van der Waals surface area contributed by atoms with E-state index in [4.69, 9.17) is 0 Å². The van der Waals surface area contributed by atoms with Gasteiger partial charge in [0.05, 0.1) is 11.2 Å². The van der Waals surface area contributed by atoms with Crippen LogP contribution >= 0.6 is 22.9 Å². The highest BCUT2D eigenvalue weighted by Gasteiger charge is 2.18. The van der Waals surface area contributed by atoms with Gasteiger partial charge in [0, 0.05) is 56.1 Å². The fourth-order valence-electron chi connectivity index (χ4n) is 2.38. The molecule has 0 atom stereocenters. The van der Waals surface area contributed by atoms with E-state index in [1.165, 1.54) is 23.6 Å². The predicted molar refractivity (Wildman–Crippen MR) is 83.5 cm³/mol. The molecule has 0 aliphatic carbocycles. The summed E-state index contributed by atoms with van der Waals surface area (Å²) in [6.45, 7) is 7.37. The average molecular weight is 309 g/mol. The van der Waals surface area contributed by atoms with E-state index >= 15 is 0 Å². The maximum Gasteiger partial charge on any atom is 0.205 e. The van der Waals surface area contributed by atoms with Crippen molar-refractivity contribution in [3.8, 4) is 0 Å². The van der Waals surface area contributed by atoms with E-state index in [-0.39, 0.29) is 0 Å². The summed E-state index contributed by atoms with van der Waals surface area (Å²) in [5.74, 6) is 0.966. The number of hydrogen-bond acceptors (Lipinski definition) is 7. The molecule has 1 aliphatic heterocycles. The third-order valence-electron chi connectivity index (χ3n) is 3.50. The van der Waals surface area contributed by atoms with E-state index in [2.05, 4.69) is 36.4 Å². The summed E-state index contributed by atoms with van der Waals surface area (Å²) in [4.78, 5) is 13.8. The molecule has 0 bridgehead atoms. The van der Waals surface area contributed by atoms with Crippen LogP contribution in [-0.4, -0.2) is 45.4 Å². The number of aryl methyl sites for hydroxylation is 1. The van der Waals surface area contributed by atoms with Crippen LogP contribution in [0.15, 0.2) is 10.9 Å². The molecule has 108 valence electrons. The van der Waals surface area contributed by atoms with E-state index in [0.717, 1.165) is 50.1 Å². The fourth-order valence-corrected chi connectivity index (χ4v) is 3.73. The van der Waals surface area contributed by atoms with Crippen molar-refractivity contribution >= 4 is 28.0 Å². The molecule has 2 aromatic rings. The zero-order valence-corrected chi connectivity index (χ0v) is 13.3. The first-order valence-corrected chi connectivity index (χ1v) is 8.73. The van der Waals surface area contributed by atoms with Gasteiger partial charge in [-0.3, -0.25) is 4.90 Å². The third kappa shape index (κ3) is 3.34. The number of aromatic nitrogens is 3. The monoisotopic (exact) mass is 309 g/mol. The zero-order chi connectivity index (χ0) is 13.8. The molecule has 5 nitrogen and oxygen atoms in total. The summed E-state index contributed by atoms with van der Waals surface area (Å²) < 4.78 is 4.39. The first-order chi connectivity index (χ1) is 9.85. The van der Waals surface area contributed by atoms with Gasteiger partial charge in [0.15, 0.2) is 0 Å². The van der Waals surface area contributed by atoms with Gasteiger partial charge >= 0.3 is 0 Å². The fraction of sp³-hybridized carbons (Fsp3) is 0.615. The molecule has 0 radical (unpaired) electrons. The van der Waals surface area contributed by atoms with Crippen molar-refractivity contribution in [3.05, 3.63) is 22.4 Å². The second-order valence-corrected chi connectivity index (χ2v) is 6.39. The van der Waals surface area contributed by atoms with Crippen LogP contribution in [-0.2, 0) is 13.0 Å². The van der Waals surface area contributed by atoms with Gasteiger partial charge < -0.3 is 4.90 Å². The molecule has 0 aromatic carbocycles. The largest absolute Gasteiger partial charge is 0.346 e. The van der Waals surface area contributed by atoms with Crippen molar-refractivity contribution in [3.63, 3.8) is 0 Å². The summed E-state index contributed by atoms with van der Waals surface area (Å²) >= 11 is 3.20. The Morgan fingerprint density at radius 3 is 2.95 bits per heavy atom. The number of hydrogen-bond donors (Lipinski definition) is 0. The Kier molecular flexibility index (Phi) is 4.59. The van der Waals surface area contributed by atoms with Crippen LogP contribution in [0, 0.1) is 0 Å². The highest BCUT2D eigenvalue weighted by Crippen LogP contribution is 2.19. The van der Waals surface area contributed by atoms with Crippen molar-refractivity contribution in [1.29, 1.82) is 0 Å².